The molecule has 1 unspecified atom stereocenters. The molecule has 3 aromatic rings. The van der Waals surface area contributed by atoms with E-state index in [1.807, 2.05) is 18.9 Å². The van der Waals surface area contributed by atoms with E-state index in [1.165, 1.54) is 24.4 Å². The van der Waals surface area contributed by atoms with E-state index in [9.17, 15) is 30.6 Å². The maximum Gasteiger partial charge on any atom is 0.166 e. The molecule has 7 N–H and O–H groups in total. The Labute approximate surface area is 210 Å². The number of para-hydroxylation sites is 3. The number of nitrogens with one attached hydrogen (secondary N) is 1. The molecule has 0 fully saturated rings. The van der Waals surface area contributed by atoms with Gasteiger partial charge in [0.05, 0.1) is 0 Å². The molecule has 0 aromatic heterocycles. The number of hydrogen-bond acceptors (Lipinski definition) is 9. The molecule has 9 nitrogen and oxygen atoms in total. The largest absolute Gasteiger partial charge is 0.504 e. The van der Waals surface area contributed by atoms with Crippen molar-refractivity contribution in [3.8, 4) is 34.5 Å². The zero-order chi connectivity index (χ0) is 26.3. The highest BCUT2D eigenvalue weighted by molar-refractivity contribution is 5.84. The highest BCUT2D eigenvalue weighted by atomic mass is 16.3. The minimum Gasteiger partial charge on any atom is -0.504 e. The number of hydrogen-bond donors (Lipinski definition) is 7. The molecule has 0 bridgehead atoms. The minimum absolute atomic E-state index is 0.152. The average Bonchev–Trinajstić information content (AvgIpc) is 2.82. The molecule has 3 rings (SSSR count). The minimum atomic E-state index is -0.434. The number of phenolic OH excluding ortho intramolecular Hbond substituents is 6. The summed E-state index contributed by atoms with van der Waals surface area (Å²) in [4.78, 5) is 6.53. The molecule has 0 aliphatic rings. The van der Waals surface area contributed by atoms with Crippen molar-refractivity contribution in [3.63, 3.8) is 0 Å². The SMILES string of the molecule is CN(Cc1cccc(O)c1O)CC(C)(C/N=C/c1cccc(O)c1O)CNCc1cccc(O)c1O. The van der Waals surface area contributed by atoms with Crippen LogP contribution in [0, 0.1) is 5.41 Å². The lowest BCUT2D eigenvalue weighted by atomic mass is 9.89. The Balaban J connectivity index is 1.74. The third-order valence-electron chi connectivity index (χ3n) is 5.91. The van der Waals surface area contributed by atoms with Gasteiger partial charge in [0.15, 0.2) is 34.5 Å². The third kappa shape index (κ3) is 6.80. The number of nitrogens with zero attached hydrogens (tertiary/aromatic N) is 2. The fraction of sp³-hybridized carbons (Fsp3) is 0.296. The predicted octanol–water partition coefficient (Wildman–Crippen LogP) is 3.27. The fourth-order valence-corrected chi connectivity index (χ4v) is 4.10. The molecular weight excluding hydrogens is 462 g/mol. The predicted molar refractivity (Wildman–Crippen MR) is 138 cm³/mol. The summed E-state index contributed by atoms with van der Waals surface area (Å²) in [5.41, 5.74) is 1.11. The van der Waals surface area contributed by atoms with Gasteiger partial charge in [-0.3, -0.25) is 4.99 Å². The molecule has 192 valence electrons. The van der Waals surface area contributed by atoms with E-state index >= 15 is 0 Å². The van der Waals surface area contributed by atoms with E-state index in [1.54, 1.807) is 36.4 Å². The molecule has 0 radical (unpaired) electrons. The van der Waals surface area contributed by atoms with Gasteiger partial charge in [0.25, 0.3) is 0 Å². The summed E-state index contributed by atoms with van der Waals surface area (Å²) < 4.78 is 0. The quantitative estimate of drug-likeness (QED) is 0.158. The van der Waals surface area contributed by atoms with E-state index in [4.69, 9.17) is 0 Å². The van der Waals surface area contributed by atoms with Crippen molar-refractivity contribution in [2.24, 2.45) is 10.4 Å². The lowest BCUT2D eigenvalue weighted by Gasteiger charge is -2.33. The Morgan fingerprint density at radius 1 is 0.806 bits per heavy atom. The Morgan fingerprint density at radius 3 is 2.03 bits per heavy atom. The van der Waals surface area contributed by atoms with Gasteiger partial charge in [0, 0.05) is 61.0 Å². The Bertz CT molecular complexity index is 1220. The second-order valence-corrected chi connectivity index (χ2v) is 9.34. The van der Waals surface area contributed by atoms with Crippen LogP contribution in [0.4, 0.5) is 0 Å². The molecule has 0 amide bonds. The van der Waals surface area contributed by atoms with Gasteiger partial charge in [0.1, 0.15) is 0 Å². The first-order valence-electron chi connectivity index (χ1n) is 11.5. The van der Waals surface area contributed by atoms with Gasteiger partial charge in [-0.1, -0.05) is 37.3 Å². The number of aliphatic imine (C=N–C) groups is 1. The second kappa shape index (κ2) is 11.7. The number of phenols is 6. The van der Waals surface area contributed by atoms with Crippen LogP contribution in [-0.2, 0) is 13.1 Å². The standard InChI is InChI=1S/C27H33N3O6/c1-27(15-28-12-18-6-3-9-21(31)24(18)34,16-29-13-19-7-4-10-22(32)25(19)35)17-30(2)14-20-8-5-11-23(33)26(20)36/h3-12,29,31-36H,13-17H2,1-2H3/b28-12+. The zero-order valence-corrected chi connectivity index (χ0v) is 20.4. The Morgan fingerprint density at radius 2 is 1.36 bits per heavy atom. The van der Waals surface area contributed by atoms with Gasteiger partial charge in [-0.05, 0) is 31.3 Å². The lowest BCUT2D eigenvalue weighted by Crippen LogP contribution is -2.42. The molecule has 9 heteroatoms. The summed E-state index contributed by atoms with van der Waals surface area (Å²) in [6, 6.07) is 14.3. The van der Waals surface area contributed by atoms with Crippen LogP contribution in [0.25, 0.3) is 0 Å². The summed E-state index contributed by atoms with van der Waals surface area (Å²) in [6.07, 6.45) is 1.51. The van der Waals surface area contributed by atoms with Crippen molar-refractivity contribution in [2.45, 2.75) is 20.0 Å². The Kier molecular flexibility index (Phi) is 8.63. The van der Waals surface area contributed by atoms with Gasteiger partial charge in [-0.2, -0.15) is 0 Å². The second-order valence-electron chi connectivity index (χ2n) is 9.34. The van der Waals surface area contributed by atoms with E-state index in [-0.39, 0.29) is 34.5 Å². The maximum absolute atomic E-state index is 10.2. The number of benzene rings is 3. The molecule has 0 heterocycles. The molecule has 36 heavy (non-hydrogen) atoms. The van der Waals surface area contributed by atoms with Crippen molar-refractivity contribution in [1.29, 1.82) is 0 Å². The first kappa shape index (κ1) is 26.7. The first-order chi connectivity index (χ1) is 17.1. The Hall–Kier alpha value is -3.95. The van der Waals surface area contributed by atoms with Crippen LogP contribution in [-0.4, -0.2) is 68.4 Å². The maximum atomic E-state index is 10.2. The van der Waals surface area contributed by atoms with E-state index in [0.717, 1.165) is 0 Å². The topological polar surface area (TPSA) is 149 Å². The van der Waals surface area contributed by atoms with Crippen LogP contribution in [0.1, 0.15) is 23.6 Å². The number of aromatic hydroxyl groups is 6. The molecule has 0 saturated heterocycles. The average molecular weight is 496 g/mol. The van der Waals surface area contributed by atoms with Crippen LogP contribution in [0.3, 0.4) is 0 Å². The highest BCUT2D eigenvalue weighted by Crippen LogP contribution is 2.31. The molecule has 0 spiro atoms. The van der Waals surface area contributed by atoms with Crippen LogP contribution >= 0.6 is 0 Å². The van der Waals surface area contributed by atoms with Crippen LogP contribution in [0.2, 0.25) is 0 Å². The van der Waals surface area contributed by atoms with Gasteiger partial charge >= 0.3 is 0 Å². The van der Waals surface area contributed by atoms with E-state index in [0.29, 0.717) is 49.4 Å². The van der Waals surface area contributed by atoms with Gasteiger partial charge in [-0.15, -0.1) is 0 Å². The molecule has 0 aliphatic heterocycles. The summed E-state index contributed by atoms with van der Waals surface area (Å²) in [5.74, 6) is -1.14. The third-order valence-corrected chi connectivity index (χ3v) is 5.91. The highest BCUT2D eigenvalue weighted by Gasteiger charge is 2.26. The van der Waals surface area contributed by atoms with Gasteiger partial charge < -0.3 is 40.9 Å². The number of rotatable bonds is 11. The molecule has 0 saturated carbocycles. The van der Waals surface area contributed by atoms with Crippen molar-refractivity contribution >= 4 is 6.21 Å². The zero-order valence-electron chi connectivity index (χ0n) is 20.4. The normalized spacial score (nSPS) is 13.3. The van der Waals surface area contributed by atoms with Gasteiger partial charge in [0.2, 0.25) is 0 Å². The fourth-order valence-electron chi connectivity index (χ4n) is 4.10. The molecule has 0 aliphatic carbocycles. The first-order valence-corrected chi connectivity index (χ1v) is 11.5. The molecule has 3 aromatic carbocycles. The summed E-state index contributed by atoms with van der Waals surface area (Å²) >= 11 is 0. The van der Waals surface area contributed by atoms with Crippen LogP contribution < -0.4 is 5.32 Å². The van der Waals surface area contributed by atoms with Gasteiger partial charge in [-0.25, -0.2) is 0 Å². The summed E-state index contributed by atoms with van der Waals surface area (Å²) in [6.45, 7) is 4.13. The molecule has 1 atom stereocenters. The van der Waals surface area contributed by atoms with Crippen molar-refractivity contribution in [3.05, 3.63) is 71.3 Å². The lowest BCUT2D eigenvalue weighted by molar-refractivity contribution is 0.186. The monoisotopic (exact) mass is 495 g/mol. The molecular formula is C27H33N3O6. The van der Waals surface area contributed by atoms with E-state index in [2.05, 4.69) is 10.3 Å². The van der Waals surface area contributed by atoms with E-state index < -0.39 is 5.41 Å². The summed E-state index contributed by atoms with van der Waals surface area (Å²) in [7, 11) is 1.90. The van der Waals surface area contributed by atoms with Crippen LogP contribution in [0.5, 0.6) is 34.5 Å². The van der Waals surface area contributed by atoms with Crippen molar-refractivity contribution in [2.75, 3.05) is 26.7 Å². The van der Waals surface area contributed by atoms with Crippen molar-refractivity contribution < 1.29 is 30.6 Å². The summed E-state index contributed by atoms with van der Waals surface area (Å²) in [5, 5.41) is 62.9. The van der Waals surface area contributed by atoms with Crippen LogP contribution in [0.15, 0.2) is 59.6 Å². The smallest absolute Gasteiger partial charge is 0.166 e. The van der Waals surface area contributed by atoms with Crippen molar-refractivity contribution in [1.82, 2.24) is 10.2 Å².